The summed E-state index contributed by atoms with van der Waals surface area (Å²) in [5, 5.41) is 48.5. The maximum Gasteiger partial charge on any atom is 0.329 e. The van der Waals surface area contributed by atoms with Crippen LogP contribution in [0.3, 0.4) is 0 Å². The third-order valence-electron chi connectivity index (χ3n) is 7.55. The Bertz CT molecular complexity index is 1280. The van der Waals surface area contributed by atoms with E-state index in [0.29, 0.717) is 17.3 Å². The van der Waals surface area contributed by atoms with Gasteiger partial charge in [-0.1, -0.05) is 17.7 Å². The fraction of sp³-hybridized carbons (Fsp3) is 0.480. The van der Waals surface area contributed by atoms with E-state index >= 15 is 0 Å². The first-order chi connectivity index (χ1) is 17.2. The predicted molar refractivity (Wildman–Crippen MR) is 129 cm³/mol. The van der Waals surface area contributed by atoms with E-state index in [1.807, 2.05) is 0 Å². The first kappa shape index (κ1) is 27.0. The number of thioether (sulfide) groups is 1. The van der Waals surface area contributed by atoms with Gasteiger partial charge in [0.05, 0.1) is 12.7 Å². The number of phenols is 1. The van der Waals surface area contributed by atoms with Gasteiger partial charge in [0.15, 0.2) is 22.8 Å². The van der Waals surface area contributed by atoms with Gasteiger partial charge in [0, 0.05) is 24.7 Å². The number of methoxy groups -OCH3 is 1. The molecule has 0 aromatic heterocycles. The number of rotatable bonds is 5. The molecule has 37 heavy (non-hydrogen) atoms. The zero-order valence-electron chi connectivity index (χ0n) is 20.4. The Morgan fingerprint density at radius 1 is 1.11 bits per heavy atom. The number of carbonyl (C=O) groups excluding carboxylic acids is 5. The molecular weight excluding hydrogens is 506 g/mol. The highest BCUT2D eigenvalue weighted by Crippen LogP contribution is 2.62. The number of fused-ring (bicyclic) bond motifs is 4. The number of amides is 1. The summed E-state index contributed by atoms with van der Waals surface area (Å²) in [6, 6.07) is 2.28. The summed E-state index contributed by atoms with van der Waals surface area (Å²) in [5.41, 5.74) is -9.04. The van der Waals surface area contributed by atoms with Crippen molar-refractivity contribution in [2.24, 2.45) is 0 Å². The number of Topliss-reactive ketones (excluding diaryl/α,β-unsaturated/α-hetero) is 2. The van der Waals surface area contributed by atoms with Crippen LogP contribution in [-0.4, -0.2) is 90.1 Å². The fourth-order valence-corrected chi connectivity index (χ4v) is 7.45. The molecule has 5 atom stereocenters. The molecule has 1 saturated carbocycles. The molecule has 3 aliphatic rings. The average Bonchev–Trinajstić information content (AvgIpc) is 2.83. The van der Waals surface area contributed by atoms with Gasteiger partial charge in [0.1, 0.15) is 22.1 Å². The smallest absolute Gasteiger partial charge is 0.329 e. The molecule has 0 aliphatic heterocycles. The molecule has 0 radical (unpaired) electrons. The van der Waals surface area contributed by atoms with Crippen LogP contribution in [0.15, 0.2) is 29.8 Å². The normalized spacial score (nSPS) is 33.5. The zero-order valence-corrected chi connectivity index (χ0v) is 21.2. The van der Waals surface area contributed by atoms with Crippen LogP contribution < -0.4 is 5.32 Å². The van der Waals surface area contributed by atoms with E-state index in [4.69, 9.17) is 4.74 Å². The molecule has 4 rings (SSSR count). The minimum atomic E-state index is -3.19. The van der Waals surface area contributed by atoms with Crippen LogP contribution in [-0.2, 0) is 19.1 Å². The lowest BCUT2D eigenvalue weighted by atomic mass is 9.48. The summed E-state index contributed by atoms with van der Waals surface area (Å²) < 4.78 is 2.39. The number of benzene rings is 1. The van der Waals surface area contributed by atoms with Crippen molar-refractivity contribution in [2.75, 3.05) is 12.9 Å². The summed E-state index contributed by atoms with van der Waals surface area (Å²) >= 11 is 0.570. The van der Waals surface area contributed by atoms with Gasteiger partial charge in [-0.25, -0.2) is 4.79 Å². The Kier molecular flexibility index (Phi) is 6.39. The van der Waals surface area contributed by atoms with Gasteiger partial charge in [0.2, 0.25) is 11.7 Å². The van der Waals surface area contributed by atoms with Crippen molar-refractivity contribution in [2.45, 2.75) is 60.7 Å². The molecule has 1 fully saturated rings. The molecule has 0 bridgehead atoms. The third kappa shape index (κ3) is 3.43. The van der Waals surface area contributed by atoms with Gasteiger partial charge in [-0.15, -0.1) is 11.8 Å². The van der Waals surface area contributed by atoms with Gasteiger partial charge < -0.3 is 30.5 Å². The zero-order chi connectivity index (χ0) is 27.6. The Hall–Kier alpha value is -3.06. The van der Waals surface area contributed by atoms with Crippen molar-refractivity contribution < 1.29 is 49.1 Å². The van der Waals surface area contributed by atoms with Crippen LogP contribution in [0.2, 0.25) is 0 Å². The fourth-order valence-electron chi connectivity index (χ4n) is 5.85. The van der Waals surface area contributed by atoms with Crippen molar-refractivity contribution in [3.8, 4) is 5.75 Å². The standard InChI is InChI=1S/C25H27NO10S/c1-12-9-17(29)24(34)22(33,10-12)7-8-23(37-11-15(21(32)36-3)26-13(2)27)20(31)18-14(5-4-6-16(18)28)19(30)25(23,24)35/h4-6,9,15,28,33-35H,7-8,10-11H2,1-3H3,(H,26,27). The summed E-state index contributed by atoms with van der Waals surface area (Å²) in [7, 11) is 1.08. The molecule has 12 heteroatoms. The van der Waals surface area contributed by atoms with Crippen molar-refractivity contribution >= 4 is 41.0 Å². The summed E-state index contributed by atoms with van der Waals surface area (Å²) in [6.45, 7) is 2.70. The molecule has 3 aliphatic carbocycles. The topological polar surface area (TPSA) is 188 Å². The second-order valence-corrected chi connectivity index (χ2v) is 11.1. The highest BCUT2D eigenvalue weighted by atomic mass is 32.2. The number of hydrogen-bond acceptors (Lipinski definition) is 11. The summed E-state index contributed by atoms with van der Waals surface area (Å²) in [4.78, 5) is 65.4. The Morgan fingerprint density at radius 3 is 2.41 bits per heavy atom. The summed E-state index contributed by atoms with van der Waals surface area (Å²) in [5.74, 6) is -5.79. The average molecular weight is 534 g/mol. The second kappa shape index (κ2) is 8.76. The van der Waals surface area contributed by atoms with E-state index in [1.54, 1.807) is 6.92 Å². The van der Waals surface area contributed by atoms with E-state index in [-0.39, 0.29) is 12.8 Å². The largest absolute Gasteiger partial charge is 0.507 e. The molecular formula is C25H27NO10S. The van der Waals surface area contributed by atoms with Crippen LogP contribution in [0.4, 0.5) is 0 Å². The number of ketones is 3. The quantitative estimate of drug-likeness (QED) is 0.316. The monoisotopic (exact) mass is 533 g/mol. The number of carbonyl (C=O) groups is 5. The van der Waals surface area contributed by atoms with E-state index < -0.39 is 85.9 Å². The molecule has 0 saturated heterocycles. The maximum atomic E-state index is 14.1. The number of aromatic hydroxyl groups is 1. The van der Waals surface area contributed by atoms with Crippen molar-refractivity contribution in [1.82, 2.24) is 5.32 Å². The lowest BCUT2D eigenvalue weighted by Gasteiger charge is -2.63. The molecule has 1 amide bonds. The minimum absolute atomic E-state index is 0.247. The van der Waals surface area contributed by atoms with Crippen LogP contribution >= 0.6 is 11.8 Å². The Balaban J connectivity index is 1.97. The second-order valence-electron chi connectivity index (χ2n) is 9.76. The SMILES string of the molecule is COC(=O)C(CSC12CCC3(O)CC(C)=CC(=O)C3(O)C1(O)C(=O)c1cccc(O)c1C2=O)NC(C)=O. The van der Waals surface area contributed by atoms with Crippen LogP contribution in [0.25, 0.3) is 0 Å². The number of ether oxygens (including phenoxy) is 1. The highest BCUT2D eigenvalue weighted by Gasteiger charge is 2.82. The molecule has 0 heterocycles. The van der Waals surface area contributed by atoms with Gasteiger partial charge in [-0.3, -0.25) is 19.2 Å². The van der Waals surface area contributed by atoms with Crippen molar-refractivity contribution in [1.29, 1.82) is 0 Å². The number of hydrogen-bond donors (Lipinski definition) is 5. The maximum absolute atomic E-state index is 14.1. The molecule has 0 spiro atoms. The molecule has 1 aromatic carbocycles. The van der Waals surface area contributed by atoms with Gasteiger partial charge in [-0.2, -0.15) is 0 Å². The Labute approximate surface area is 215 Å². The van der Waals surface area contributed by atoms with Crippen LogP contribution in [0.5, 0.6) is 5.75 Å². The minimum Gasteiger partial charge on any atom is -0.507 e. The molecule has 11 nitrogen and oxygen atoms in total. The van der Waals surface area contributed by atoms with Gasteiger partial charge in [-0.05, 0) is 31.9 Å². The predicted octanol–water partition coefficient (Wildman–Crippen LogP) is -0.173. The third-order valence-corrected chi connectivity index (χ3v) is 9.22. The van der Waals surface area contributed by atoms with Crippen molar-refractivity contribution in [3.05, 3.63) is 41.0 Å². The first-order valence-corrected chi connectivity index (χ1v) is 12.5. The van der Waals surface area contributed by atoms with Crippen LogP contribution in [0, 0.1) is 0 Å². The van der Waals surface area contributed by atoms with E-state index in [1.165, 1.54) is 18.2 Å². The lowest BCUT2D eigenvalue weighted by molar-refractivity contribution is -0.244. The van der Waals surface area contributed by atoms with Crippen LogP contribution in [0.1, 0.15) is 53.8 Å². The first-order valence-electron chi connectivity index (χ1n) is 11.5. The van der Waals surface area contributed by atoms with E-state index in [9.17, 15) is 44.4 Å². The number of nitrogens with one attached hydrogen (secondary N) is 1. The van der Waals surface area contributed by atoms with Gasteiger partial charge >= 0.3 is 5.97 Å². The highest BCUT2D eigenvalue weighted by molar-refractivity contribution is 8.01. The van der Waals surface area contributed by atoms with Gasteiger partial charge in [0.25, 0.3) is 0 Å². The molecule has 5 N–H and O–H groups in total. The molecule has 5 unspecified atom stereocenters. The molecule has 198 valence electrons. The van der Waals surface area contributed by atoms with Crippen molar-refractivity contribution in [3.63, 3.8) is 0 Å². The van der Waals surface area contributed by atoms with E-state index in [2.05, 4.69) is 5.32 Å². The number of phenolic OH excluding ortho intramolecular Hbond substituents is 1. The Morgan fingerprint density at radius 2 is 1.78 bits per heavy atom. The van der Waals surface area contributed by atoms with E-state index in [0.717, 1.165) is 20.1 Å². The number of aliphatic hydroxyl groups is 3. The lowest BCUT2D eigenvalue weighted by Crippen LogP contribution is -2.86. The number of esters is 1. The molecule has 1 aromatic rings. The summed E-state index contributed by atoms with van der Waals surface area (Å²) in [6.07, 6.45) is -0.0125.